The Morgan fingerprint density at radius 3 is 1.69 bits per heavy atom. The lowest BCUT2D eigenvalue weighted by molar-refractivity contribution is 0.0907. The van der Waals surface area contributed by atoms with Gasteiger partial charge in [-0.25, -0.2) is 0 Å². The standard InChI is InChI=1S/C14H18O.C10H12O/c1-5-11(3)12(4)14(15)13-8-6-10(2)7-9-13;1-3-10(11)9-6-4-8(2)5-7-9/h5-9,11-12H,1H2,2-4H3;4-7H,3H2,1-2H3. The minimum absolute atomic E-state index is 0.00482. The van der Waals surface area contributed by atoms with Gasteiger partial charge in [-0.05, 0) is 19.8 Å². The van der Waals surface area contributed by atoms with E-state index in [1.54, 1.807) is 0 Å². The molecule has 0 aliphatic carbocycles. The highest BCUT2D eigenvalue weighted by atomic mass is 16.1. The topological polar surface area (TPSA) is 34.1 Å². The second kappa shape index (κ2) is 10.5. The lowest BCUT2D eigenvalue weighted by Crippen LogP contribution is -2.17. The summed E-state index contributed by atoms with van der Waals surface area (Å²) >= 11 is 0. The molecule has 0 fully saturated rings. The summed E-state index contributed by atoms with van der Waals surface area (Å²) in [6.07, 6.45) is 2.42. The van der Waals surface area contributed by atoms with Crippen molar-refractivity contribution in [1.82, 2.24) is 0 Å². The van der Waals surface area contributed by atoms with E-state index in [9.17, 15) is 9.59 Å². The Balaban J connectivity index is 0.000000273. The van der Waals surface area contributed by atoms with Gasteiger partial charge in [-0.3, -0.25) is 9.59 Å². The van der Waals surface area contributed by atoms with Crippen molar-refractivity contribution >= 4 is 11.6 Å². The van der Waals surface area contributed by atoms with Crippen LogP contribution in [-0.2, 0) is 0 Å². The van der Waals surface area contributed by atoms with Gasteiger partial charge in [0, 0.05) is 23.5 Å². The van der Waals surface area contributed by atoms with Crippen molar-refractivity contribution in [3.05, 3.63) is 83.4 Å². The van der Waals surface area contributed by atoms with Crippen LogP contribution >= 0.6 is 0 Å². The summed E-state index contributed by atoms with van der Waals surface area (Å²) in [5.74, 6) is 0.636. The summed E-state index contributed by atoms with van der Waals surface area (Å²) in [5, 5.41) is 0. The first-order valence-electron chi connectivity index (χ1n) is 9.13. The van der Waals surface area contributed by atoms with E-state index in [1.165, 1.54) is 11.1 Å². The summed E-state index contributed by atoms with van der Waals surface area (Å²) < 4.78 is 0. The van der Waals surface area contributed by atoms with Crippen molar-refractivity contribution in [3.63, 3.8) is 0 Å². The zero-order chi connectivity index (χ0) is 19.7. The molecule has 2 aromatic rings. The van der Waals surface area contributed by atoms with Crippen molar-refractivity contribution in [3.8, 4) is 0 Å². The quantitative estimate of drug-likeness (QED) is 0.457. The SMILES string of the molecule is C=CC(C)C(C)C(=O)c1ccc(C)cc1.CCC(=O)c1ccc(C)cc1. The second-order valence-electron chi connectivity index (χ2n) is 6.76. The molecule has 2 unspecified atom stereocenters. The van der Waals surface area contributed by atoms with E-state index in [4.69, 9.17) is 0 Å². The highest BCUT2D eigenvalue weighted by Gasteiger charge is 2.18. The fourth-order valence-electron chi connectivity index (χ4n) is 2.37. The predicted molar refractivity (Wildman–Crippen MR) is 110 cm³/mol. The average molecular weight is 351 g/mol. The number of carbonyl (C=O) groups excluding carboxylic acids is 2. The molecule has 0 amide bonds. The fraction of sp³-hybridized carbons (Fsp3) is 0.333. The van der Waals surface area contributed by atoms with Crippen LogP contribution in [0.15, 0.2) is 61.2 Å². The molecule has 26 heavy (non-hydrogen) atoms. The molecular weight excluding hydrogens is 320 g/mol. The maximum absolute atomic E-state index is 12.0. The normalized spacial score (nSPS) is 12.3. The van der Waals surface area contributed by atoms with E-state index in [0.717, 1.165) is 11.1 Å². The largest absolute Gasteiger partial charge is 0.294 e. The lowest BCUT2D eigenvalue weighted by Gasteiger charge is -2.14. The number of Topliss-reactive ketones (excluding diaryl/α,β-unsaturated/α-hetero) is 2. The van der Waals surface area contributed by atoms with Crippen LogP contribution < -0.4 is 0 Å². The molecule has 2 heteroatoms. The van der Waals surface area contributed by atoms with Crippen LogP contribution in [0.5, 0.6) is 0 Å². The Bertz CT molecular complexity index is 724. The summed E-state index contributed by atoms with van der Waals surface area (Å²) in [4.78, 5) is 23.1. The van der Waals surface area contributed by atoms with Gasteiger partial charge in [0.25, 0.3) is 0 Å². The molecule has 0 saturated carbocycles. The zero-order valence-corrected chi connectivity index (χ0v) is 16.6. The minimum atomic E-state index is 0.00482. The number of benzene rings is 2. The van der Waals surface area contributed by atoms with E-state index in [1.807, 2.05) is 89.2 Å². The summed E-state index contributed by atoms with van der Waals surface area (Å²) in [5.41, 5.74) is 3.98. The summed E-state index contributed by atoms with van der Waals surface area (Å²) in [7, 11) is 0. The molecule has 2 aromatic carbocycles. The van der Waals surface area contributed by atoms with Crippen LogP contribution in [0.3, 0.4) is 0 Å². The number of allylic oxidation sites excluding steroid dienone is 1. The Kier molecular flexibility index (Phi) is 8.71. The van der Waals surface area contributed by atoms with E-state index in [0.29, 0.717) is 6.42 Å². The van der Waals surface area contributed by atoms with Gasteiger partial charge in [-0.1, -0.05) is 86.5 Å². The number of aryl methyl sites for hydroxylation is 2. The van der Waals surface area contributed by atoms with Crippen molar-refractivity contribution in [2.75, 3.05) is 0 Å². The van der Waals surface area contributed by atoms with Crippen LogP contribution in [0.25, 0.3) is 0 Å². The van der Waals surface area contributed by atoms with Crippen LogP contribution in [0, 0.1) is 25.7 Å². The molecule has 2 atom stereocenters. The Morgan fingerprint density at radius 2 is 1.31 bits per heavy atom. The van der Waals surface area contributed by atoms with E-state index in [2.05, 4.69) is 6.58 Å². The molecule has 0 saturated heterocycles. The molecule has 0 bridgehead atoms. The first kappa shape index (κ1) is 21.6. The van der Waals surface area contributed by atoms with E-state index < -0.39 is 0 Å². The smallest absolute Gasteiger partial charge is 0.166 e. The van der Waals surface area contributed by atoms with Crippen LogP contribution in [0.1, 0.15) is 59.0 Å². The fourth-order valence-corrected chi connectivity index (χ4v) is 2.37. The second-order valence-corrected chi connectivity index (χ2v) is 6.76. The molecule has 0 aromatic heterocycles. The molecule has 0 aliphatic heterocycles. The Morgan fingerprint density at radius 1 is 0.885 bits per heavy atom. The Labute approximate surface area is 158 Å². The molecule has 2 nitrogen and oxygen atoms in total. The van der Waals surface area contributed by atoms with Gasteiger partial charge in [0.05, 0.1) is 0 Å². The number of carbonyl (C=O) groups is 2. The van der Waals surface area contributed by atoms with Gasteiger partial charge in [-0.2, -0.15) is 0 Å². The maximum atomic E-state index is 12.0. The van der Waals surface area contributed by atoms with Crippen LogP contribution in [0.4, 0.5) is 0 Å². The Hall–Kier alpha value is -2.48. The van der Waals surface area contributed by atoms with Gasteiger partial charge in [0.1, 0.15) is 0 Å². The van der Waals surface area contributed by atoms with E-state index >= 15 is 0 Å². The first-order valence-corrected chi connectivity index (χ1v) is 9.13. The number of hydrogen-bond donors (Lipinski definition) is 0. The molecule has 0 spiro atoms. The summed E-state index contributed by atoms with van der Waals surface area (Å²) in [6.45, 7) is 13.6. The molecule has 2 rings (SSSR count). The van der Waals surface area contributed by atoms with Crippen LogP contribution in [-0.4, -0.2) is 11.6 Å². The highest BCUT2D eigenvalue weighted by molar-refractivity contribution is 5.98. The van der Waals surface area contributed by atoms with Crippen LogP contribution in [0.2, 0.25) is 0 Å². The molecule has 138 valence electrons. The molecule has 0 N–H and O–H groups in total. The van der Waals surface area contributed by atoms with Gasteiger partial charge >= 0.3 is 0 Å². The number of rotatable bonds is 6. The van der Waals surface area contributed by atoms with Gasteiger partial charge in [0.2, 0.25) is 0 Å². The summed E-state index contributed by atoms with van der Waals surface area (Å²) in [6, 6.07) is 15.4. The minimum Gasteiger partial charge on any atom is -0.294 e. The lowest BCUT2D eigenvalue weighted by atomic mass is 9.88. The van der Waals surface area contributed by atoms with Crippen molar-refractivity contribution in [2.24, 2.45) is 11.8 Å². The van der Waals surface area contributed by atoms with E-state index in [-0.39, 0.29) is 23.4 Å². The molecule has 0 heterocycles. The number of hydrogen-bond acceptors (Lipinski definition) is 2. The zero-order valence-electron chi connectivity index (χ0n) is 16.6. The highest BCUT2D eigenvalue weighted by Crippen LogP contribution is 2.18. The average Bonchev–Trinajstić information content (AvgIpc) is 2.67. The number of ketones is 2. The monoisotopic (exact) mass is 350 g/mol. The molecule has 0 radical (unpaired) electrons. The third-order valence-electron chi connectivity index (χ3n) is 4.60. The predicted octanol–water partition coefficient (Wildman–Crippen LogP) is 6.22. The van der Waals surface area contributed by atoms with Crippen molar-refractivity contribution < 1.29 is 9.59 Å². The maximum Gasteiger partial charge on any atom is 0.166 e. The molecule has 0 aliphatic rings. The van der Waals surface area contributed by atoms with Gasteiger partial charge in [0.15, 0.2) is 11.6 Å². The van der Waals surface area contributed by atoms with Gasteiger partial charge < -0.3 is 0 Å². The third kappa shape index (κ3) is 6.44. The van der Waals surface area contributed by atoms with Gasteiger partial charge in [-0.15, -0.1) is 6.58 Å². The molecular formula is C24H30O2. The van der Waals surface area contributed by atoms with Crippen molar-refractivity contribution in [2.45, 2.75) is 41.0 Å². The first-order chi connectivity index (χ1) is 12.3. The van der Waals surface area contributed by atoms with Crippen molar-refractivity contribution in [1.29, 1.82) is 0 Å². The third-order valence-corrected chi connectivity index (χ3v) is 4.60.